The monoisotopic (exact) mass is 370 g/mol. The first-order valence-electron chi connectivity index (χ1n) is 8.49. The molecule has 0 aromatic heterocycles. The van der Waals surface area contributed by atoms with Crippen molar-refractivity contribution in [3.05, 3.63) is 65.7 Å². The Kier molecular flexibility index (Phi) is 7.84. The standard InChI is InChI=1S/C20H22N2O5/c1-15-6-5-7-16(12-15)20(25)22-13-19(24)27-14-18(23)21-10-11-26-17-8-3-2-4-9-17/h2-9,12H,10-11,13-14H2,1H3,(H,21,23)(H,22,25). The van der Waals surface area contributed by atoms with Crippen LogP contribution in [0, 0.1) is 6.92 Å². The van der Waals surface area contributed by atoms with Crippen molar-refractivity contribution in [2.75, 3.05) is 26.3 Å². The van der Waals surface area contributed by atoms with Crippen LogP contribution in [-0.2, 0) is 14.3 Å². The maximum Gasteiger partial charge on any atom is 0.325 e. The fraction of sp³-hybridized carbons (Fsp3) is 0.250. The summed E-state index contributed by atoms with van der Waals surface area (Å²) >= 11 is 0. The maximum absolute atomic E-state index is 11.9. The van der Waals surface area contributed by atoms with E-state index in [1.807, 2.05) is 43.3 Å². The summed E-state index contributed by atoms with van der Waals surface area (Å²) in [4.78, 5) is 35.2. The molecule has 0 radical (unpaired) electrons. The van der Waals surface area contributed by atoms with Crippen LogP contribution in [0.2, 0.25) is 0 Å². The summed E-state index contributed by atoms with van der Waals surface area (Å²) in [6.07, 6.45) is 0. The highest BCUT2D eigenvalue weighted by atomic mass is 16.5. The summed E-state index contributed by atoms with van der Waals surface area (Å²) in [5, 5.41) is 5.03. The molecule has 2 rings (SSSR count). The van der Waals surface area contributed by atoms with Gasteiger partial charge in [0.25, 0.3) is 11.8 Å². The smallest absolute Gasteiger partial charge is 0.325 e. The van der Waals surface area contributed by atoms with E-state index >= 15 is 0 Å². The summed E-state index contributed by atoms with van der Waals surface area (Å²) in [6, 6.07) is 16.2. The first-order valence-corrected chi connectivity index (χ1v) is 8.49. The lowest BCUT2D eigenvalue weighted by atomic mass is 10.1. The number of benzene rings is 2. The Balaban J connectivity index is 1.58. The third-order valence-corrected chi connectivity index (χ3v) is 3.47. The molecule has 0 saturated carbocycles. The Labute approximate surface area is 157 Å². The predicted molar refractivity (Wildman–Crippen MR) is 99.4 cm³/mol. The van der Waals surface area contributed by atoms with E-state index in [1.165, 1.54) is 0 Å². The lowest BCUT2D eigenvalue weighted by molar-refractivity contribution is -0.147. The van der Waals surface area contributed by atoms with Crippen LogP contribution in [-0.4, -0.2) is 44.1 Å². The molecule has 0 aliphatic carbocycles. The molecule has 0 atom stereocenters. The average molecular weight is 370 g/mol. The zero-order valence-electron chi connectivity index (χ0n) is 15.1. The Morgan fingerprint density at radius 3 is 2.48 bits per heavy atom. The minimum atomic E-state index is -0.688. The van der Waals surface area contributed by atoms with Crippen LogP contribution in [0.15, 0.2) is 54.6 Å². The zero-order valence-corrected chi connectivity index (χ0v) is 15.1. The lowest BCUT2D eigenvalue weighted by Gasteiger charge is -2.09. The van der Waals surface area contributed by atoms with Crippen LogP contribution < -0.4 is 15.4 Å². The van der Waals surface area contributed by atoms with E-state index in [-0.39, 0.29) is 19.0 Å². The molecule has 7 heteroatoms. The summed E-state index contributed by atoms with van der Waals surface area (Å²) < 4.78 is 10.2. The Bertz CT molecular complexity index is 777. The number of para-hydroxylation sites is 1. The van der Waals surface area contributed by atoms with Crippen molar-refractivity contribution in [2.24, 2.45) is 0 Å². The fourth-order valence-corrected chi connectivity index (χ4v) is 2.16. The van der Waals surface area contributed by atoms with Crippen molar-refractivity contribution in [1.29, 1.82) is 0 Å². The molecule has 2 aromatic rings. The highest BCUT2D eigenvalue weighted by Gasteiger charge is 2.10. The summed E-state index contributed by atoms with van der Waals surface area (Å²) in [6.45, 7) is 1.74. The molecular formula is C20H22N2O5. The van der Waals surface area contributed by atoms with Gasteiger partial charge in [0.1, 0.15) is 18.9 Å². The molecule has 0 bridgehead atoms. The topological polar surface area (TPSA) is 93.7 Å². The van der Waals surface area contributed by atoms with E-state index in [2.05, 4.69) is 10.6 Å². The second-order valence-electron chi connectivity index (χ2n) is 5.72. The van der Waals surface area contributed by atoms with E-state index in [1.54, 1.807) is 18.2 Å². The van der Waals surface area contributed by atoms with Gasteiger partial charge in [-0.15, -0.1) is 0 Å². The van der Waals surface area contributed by atoms with Gasteiger partial charge in [-0.05, 0) is 31.2 Å². The summed E-state index contributed by atoms with van der Waals surface area (Å²) in [5.41, 5.74) is 1.40. The van der Waals surface area contributed by atoms with Crippen molar-refractivity contribution in [3.8, 4) is 5.75 Å². The van der Waals surface area contributed by atoms with Gasteiger partial charge in [-0.2, -0.15) is 0 Å². The molecule has 27 heavy (non-hydrogen) atoms. The number of nitrogens with one attached hydrogen (secondary N) is 2. The first kappa shape index (κ1) is 20.0. The molecule has 0 aliphatic heterocycles. The molecule has 2 amide bonds. The van der Waals surface area contributed by atoms with E-state index in [4.69, 9.17) is 9.47 Å². The number of rotatable bonds is 9. The van der Waals surface area contributed by atoms with Crippen molar-refractivity contribution in [1.82, 2.24) is 10.6 Å². The van der Waals surface area contributed by atoms with Crippen LogP contribution in [0.3, 0.4) is 0 Å². The molecule has 7 nitrogen and oxygen atoms in total. The van der Waals surface area contributed by atoms with Gasteiger partial charge in [-0.3, -0.25) is 14.4 Å². The molecule has 0 spiro atoms. The van der Waals surface area contributed by atoms with Gasteiger partial charge in [0.2, 0.25) is 0 Å². The van der Waals surface area contributed by atoms with E-state index in [0.29, 0.717) is 17.9 Å². The number of carbonyl (C=O) groups is 3. The molecule has 0 fully saturated rings. The minimum Gasteiger partial charge on any atom is -0.492 e. The van der Waals surface area contributed by atoms with E-state index < -0.39 is 18.5 Å². The van der Waals surface area contributed by atoms with Crippen LogP contribution in [0.25, 0.3) is 0 Å². The Morgan fingerprint density at radius 1 is 0.963 bits per heavy atom. The van der Waals surface area contributed by atoms with Gasteiger partial charge in [-0.1, -0.05) is 35.9 Å². The Morgan fingerprint density at radius 2 is 1.74 bits per heavy atom. The largest absolute Gasteiger partial charge is 0.492 e. The van der Waals surface area contributed by atoms with Crippen LogP contribution in [0.5, 0.6) is 5.75 Å². The lowest BCUT2D eigenvalue weighted by Crippen LogP contribution is -2.35. The van der Waals surface area contributed by atoms with Crippen molar-refractivity contribution < 1.29 is 23.9 Å². The second-order valence-corrected chi connectivity index (χ2v) is 5.72. The molecule has 0 unspecified atom stereocenters. The van der Waals surface area contributed by atoms with Gasteiger partial charge >= 0.3 is 5.97 Å². The van der Waals surface area contributed by atoms with E-state index in [9.17, 15) is 14.4 Å². The van der Waals surface area contributed by atoms with Gasteiger partial charge in [0, 0.05) is 5.56 Å². The third-order valence-electron chi connectivity index (χ3n) is 3.47. The average Bonchev–Trinajstić information content (AvgIpc) is 2.68. The number of ether oxygens (including phenoxy) is 2. The van der Waals surface area contributed by atoms with Crippen LogP contribution >= 0.6 is 0 Å². The van der Waals surface area contributed by atoms with Gasteiger partial charge in [-0.25, -0.2) is 0 Å². The minimum absolute atomic E-state index is 0.287. The molecular weight excluding hydrogens is 348 g/mol. The molecule has 0 heterocycles. The molecule has 0 saturated heterocycles. The SMILES string of the molecule is Cc1cccc(C(=O)NCC(=O)OCC(=O)NCCOc2ccccc2)c1. The van der Waals surface area contributed by atoms with Crippen molar-refractivity contribution >= 4 is 17.8 Å². The van der Waals surface area contributed by atoms with E-state index in [0.717, 1.165) is 5.56 Å². The second kappa shape index (κ2) is 10.6. The highest BCUT2D eigenvalue weighted by molar-refractivity contribution is 5.96. The normalized spacial score (nSPS) is 9.96. The first-order chi connectivity index (χ1) is 13.0. The van der Waals surface area contributed by atoms with Gasteiger partial charge in [0.15, 0.2) is 6.61 Å². The maximum atomic E-state index is 11.9. The number of carbonyl (C=O) groups excluding carboxylic acids is 3. The Hall–Kier alpha value is -3.35. The molecule has 142 valence electrons. The molecule has 2 aromatic carbocycles. The number of amides is 2. The van der Waals surface area contributed by atoms with Crippen LogP contribution in [0.1, 0.15) is 15.9 Å². The molecule has 2 N–H and O–H groups in total. The quantitative estimate of drug-likeness (QED) is 0.515. The fourth-order valence-electron chi connectivity index (χ4n) is 2.16. The number of aryl methyl sites for hydroxylation is 1. The summed E-state index contributed by atoms with van der Waals surface area (Å²) in [7, 11) is 0. The van der Waals surface area contributed by atoms with Crippen molar-refractivity contribution in [2.45, 2.75) is 6.92 Å². The van der Waals surface area contributed by atoms with Gasteiger partial charge in [0.05, 0.1) is 6.54 Å². The number of esters is 1. The highest BCUT2D eigenvalue weighted by Crippen LogP contribution is 2.07. The summed E-state index contributed by atoms with van der Waals surface area (Å²) in [5.74, 6) is -0.794. The van der Waals surface area contributed by atoms with Crippen molar-refractivity contribution in [3.63, 3.8) is 0 Å². The molecule has 0 aliphatic rings. The number of hydrogen-bond donors (Lipinski definition) is 2. The predicted octanol–water partition coefficient (Wildman–Crippen LogP) is 1.46. The van der Waals surface area contributed by atoms with Crippen LogP contribution in [0.4, 0.5) is 0 Å². The third kappa shape index (κ3) is 7.60. The number of hydrogen-bond acceptors (Lipinski definition) is 5. The zero-order chi connectivity index (χ0) is 19.5. The van der Waals surface area contributed by atoms with Gasteiger partial charge < -0.3 is 20.1 Å².